The minimum atomic E-state index is -1.43. The van der Waals surface area contributed by atoms with Gasteiger partial charge in [-0.2, -0.15) is 4.79 Å². The van der Waals surface area contributed by atoms with Crippen LogP contribution in [0, 0.1) is 0 Å². The zero-order valence-electron chi connectivity index (χ0n) is 10.8. The van der Waals surface area contributed by atoms with Crippen molar-refractivity contribution in [3.63, 3.8) is 0 Å². The van der Waals surface area contributed by atoms with Crippen molar-refractivity contribution in [3.05, 3.63) is 35.9 Å². The largest absolute Gasteiger partial charge is 0.647 e. The number of aliphatic carboxylic acids is 2. The molecule has 0 fully saturated rings. The van der Waals surface area contributed by atoms with Crippen LogP contribution in [0.5, 0.6) is 0 Å². The minimum absolute atomic E-state index is 0.0792. The summed E-state index contributed by atoms with van der Waals surface area (Å²) in [5.41, 5.74) is 0.233. The van der Waals surface area contributed by atoms with Crippen LogP contribution in [0.1, 0.15) is 12.0 Å². The van der Waals surface area contributed by atoms with E-state index in [0.29, 0.717) is 10.3 Å². The van der Waals surface area contributed by atoms with E-state index in [0.717, 1.165) is 0 Å². The Balaban J connectivity index is 2.07. The molecule has 0 aliphatic carbocycles. The molecule has 0 radical (unpaired) electrons. The van der Waals surface area contributed by atoms with Crippen LogP contribution < -0.4 is 0 Å². The maximum Gasteiger partial charge on any atom is 0.647 e. The van der Waals surface area contributed by atoms with Gasteiger partial charge in [0, 0.05) is 0 Å². The topological polar surface area (TPSA) is 113 Å². The van der Waals surface area contributed by atoms with Crippen molar-refractivity contribution in [1.82, 2.24) is 0 Å². The third-order valence-corrected chi connectivity index (χ3v) is 2.75. The molecule has 1 heterocycles. The number of ether oxygens (including phenoxy) is 1. The van der Waals surface area contributed by atoms with Gasteiger partial charge < -0.3 is 14.9 Å². The molecule has 21 heavy (non-hydrogen) atoms. The van der Waals surface area contributed by atoms with E-state index < -0.39 is 36.3 Å². The first-order valence-corrected chi connectivity index (χ1v) is 5.98. The lowest BCUT2D eigenvalue weighted by Gasteiger charge is -2.01. The molecule has 2 N–H and O–H groups in total. The van der Waals surface area contributed by atoms with Crippen LogP contribution >= 0.6 is 0 Å². The van der Waals surface area contributed by atoms with Gasteiger partial charge in [0.2, 0.25) is 0 Å². The fourth-order valence-electron chi connectivity index (χ4n) is 1.72. The molecule has 0 saturated carbocycles. The predicted octanol–water partition coefficient (Wildman–Crippen LogP) is 0.650. The van der Waals surface area contributed by atoms with Gasteiger partial charge in [0.1, 0.15) is 17.8 Å². The average Bonchev–Trinajstić information content (AvgIpc) is 2.91. The van der Waals surface area contributed by atoms with Crippen LogP contribution in [-0.2, 0) is 25.8 Å². The summed E-state index contributed by atoms with van der Waals surface area (Å²) in [5, 5.41) is 17.8. The molecule has 1 aromatic carbocycles. The van der Waals surface area contributed by atoms with Crippen molar-refractivity contribution < 1.29 is 38.9 Å². The van der Waals surface area contributed by atoms with Gasteiger partial charge in [0.05, 0.1) is 0 Å². The molecule has 1 aliphatic rings. The van der Waals surface area contributed by atoms with Crippen molar-refractivity contribution in [3.8, 4) is 0 Å². The standard InChI is InChI=1S/C13H11NO7/c15-11(16)9-6-10(12(17)18)21-14(9)13(19)20-7-8-4-2-1-3-5-8/h1-5,10H,6-7H2,(H-,15,16,17,18)/p+1. The maximum absolute atomic E-state index is 11.8. The number of nitrogens with zero attached hydrogens (tertiary/aromatic N) is 1. The number of benzene rings is 1. The van der Waals surface area contributed by atoms with Crippen LogP contribution in [0.4, 0.5) is 4.79 Å². The SMILES string of the molecule is O=C(O)C1=[N+](C(=O)OCc2ccccc2)OC(C(=O)O)C1. The summed E-state index contributed by atoms with van der Waals surface area (Å²) in [7, 11) is 0. The number of hydroxylamine groups is 1. The van der Waals surface area contributed by atoms with Gasteiger partial charge in [0.25, 0.3) is 6.10 Å². The molecule has 8 nitrogen and oxygen atoms in total. The van der Waals surface area contributed by atoms with Gasteiger partial charge >= 0.3 is 23.7 Å². The normalized spacial score (nSPS) is 17.2. The Bertz CT molecular complexity index is 608. The first kappa shape index (κ1) is 14.5. The Kier molecular flexibility index (Phi) is 4.17. The van der Waals surface area contributed by atoms with Crippen LogP contribution in [0.15, 0.2) is 30.3 Å². The van der Waals surface area contributed by atoms with Crippen LogP contribution in [0.3, 0.4) is 0 Å². The molecule has 1 aliphatic heterocycles. The highest BCUT2D eigenvalue weighted by atomic mass is 16.7. The number of rotatable bonds is 4. The summed E-state index contributed by atoms with van der Waals surface area (Å²) in [6.45, 7) is -0.0792. The number of carboxylic acids is 2. The molecule has 0 saturated heterocycles. The smallest absolute Gasteiger partial charge is 0.478 e. The van der Waals surface area contributed by atoms with E-state index in [1.165, 1.54) is 0 Å². The predicted molar refractivity (Wildman–Crippen MR) is 66.7 cm³/mol. The number of carbonyl (C=O) groups is 3. The molecular weight excluding hydrogens is 282 g/mol. The van der Waals surface area contributed by atoms with E-state index in [1.807, 2.05) is 0 Å². The summed E-state index contributed by atoms with van der Waals surface area (Å²) in [5.74, 6) is -2.79. The Morgan fingerprint density at radius 2 is 1.90 bits per heavy atom. The Hall–Kier alpha value is -2.90. The first-order valence-electron chi connectivity index (χ1n) is 5.98. The lowest BCUT2D eigenvalue weighted by molar-refractivity contribution is -0.719. The maximum atomic E-state index is 11.8. The molecule has 1 unspecified atom stereocenters. The number of carboxylic acid groups (broad SMARTS) is 2. The molecule has 2 rings (SSSR count). The fourth-order valence-corrected chi connectivity index (χ4v) is 1.72. The highest BCUT2D eigenvalue weighted by Gasteiger charge is 2.48. The summed E-state index contributed by atoms with van der Waals surface area (Å²) in [4.78, 5) is 38.4. The highest BCUT2D eigenvalue weighted by molar-refractivity contribution is 6.34. The zero-order valence-corrected chi connectivity index (χ0v) is 10.8. The third-order valence-electron chi connectivity index (χ3n) is 2.75. The van der Waals surface area contributed by atoms with E-state index in [2.05, 4.69) is 0 Å². The second-order valence-electron chi connectivity index (χ2n) is 4.22. The third kappa shape index (κ3) is 3.35. The van der Waals surface area contributed by atoms with Crippen molar-refractivity contribution in [2.75, 3.05) is 0 Å². The summed E-state index contributed by atoms with van der Waals surface area (Å²) in [6, 6.07) is 8.75. The summed E-state index contributed by atoms with van der Waals surface area (Å²) < 4.78 is 5.28. The van der Waals surface area contributed by atoms with Gasteiger partial charge in [-0.3, -0.25) is 0 Å². The minimum Gasteiger partial charge on any atom is -0.478 e. The zero-order chi connectivity index (χ0) is 15.4. The highest BCUT2D eigenvalue weighted by Crippen LogP contribution is 2.13. The summed E-state index contributed by atoms with van der Waals surface area (Å²) in [6.07, 6.45) is -2.90. The van der Waals surface area contributed by atoms with E-state index in [1.54, 1.807) is 30.3 Å². The lowest BCUT2D eigenvalue weighted by atomic mass is 10.2. The second kappa shape index (κ2) is 6.04. The molecule has 8 heteroatoms. The van der Waals surface area contributed by atoms with Gasteiger partial charge in [-0.05, 0) is 5.56 Å². The molecule has 0 aromatic heterocycles. The van der Waals surface area contributed by atoms with Crippen molar-refractivity contribution in [2.24, 2.45) is 0 Å². The fraction of sp³-hybridized carbons (Fsp3) is 0.231. The first-order chi connectivity index (χ1) is 9.99. The van der Waals surface area contributed by atoms with E-state index >= 15 is 0 Å². The van der Waals surface area contributed by atoms with Crippen molar-refractivity contribution in [2.45, 2.75) is 19.1 Å². The number of carbonyl (C=O) groups excluding carboxylic acids is 1. The number of hydrogen-bond acceptors (Lipinski definition) is 5. The lowest BCUT2D eigenvalue weighted by Crippen LogP contribution is -2.28. The molecular formula is C13H12NO7+. The Morgan fingerprint density at radius 3 is 2.48 bits per heavy atom. The Labute approximate surface area is 118 Å². The molecule has 0 bridgehead atoms. The molecule has 1 atom stereocenters. The average molecular weight is 294 g/mol. The molecule has 1 aromatic rings. The van der Waals surface area contributed by atoms with Crippen LogP contribution in [0.2, 0.25) is 0 Å². The summed E-state index contributed by atoms with van der Waals surface area (Å²) >= 11 is 0. The number of amides is 1. The molecule has 1 amide bonds. The second-order valence-corrected chi connectivity index (χ2v) is 4.22. The van der Waals surface area contributed by atoms with Crippen LogP contribution in [0.25, 0.3) is 0 Å². The quantitative estimate of drug-likeness (QED) is 0.784. The van der Waals surface area contributed by atoms with Gasteiger partial charge in [0.15, 0.2) is 0 Å². The van der Waals surface area contributed by atoms with Gasteiger partial charge in [-0.25, -0.2) is 14.4 Å². The Morgan fingerprint density at radius 1 is 1.24 bits per heavy atom. The van der Waals surface area contributed by atoms with E-state index in [9.17, 15) is 14.4 Å². The van der Waals surface area contributed by atoms with E-state index in [-0.39, 0.29) is 6.61 Å². The molecule has 0 spiro atoms. The number of hydrogen-bond donors (Lipinski definition) is 2. The molecule has 110 valence electrons. The van der Waals surface area contributed by atoms with Crippen molar-refractivity contribution in [1.29, 1.82) is 0 Å². The van der Waals surface area contributed by atoms with Crippen LogP contribution in [-0.4, -0.2) is 44.8 Å². The van der Waals surface area contributed by atoms with E-state index in [4.69, 9.17) is 19.8 Å². The van der Waals surface area contributed by atoms with Gasteiger partial charge in [-0.15, -0.1) is 0 Å². The van der Waals surface area contributed by atoms with Crippen molar-refractivity contribution >= 4 is 23.7 Å². The van der Waals surface area contributed by atoms with Gasteiger partial charge in [-0.1, -0.05) is 30.3 Å². The monoisotopic (exact) mass is 294 g/mol.